The number of nitrogens with zero attached hydrogens (tertiary/aromatic N) is 1. The Kier molecular flexibility index (Phi) is 3.96. The average Bonchev–Trinajstić information content (AvgIpc) is 2.80. The number of nitrogens with one attached hydrogen (secondary N) is 2. The maximum atomic E-state index is 12.3. The number of aromatic amines is 1. The fraction of sp³-hybridized carbons (Fsp3) is 0.250. The predicted octanol–water partition coefficient (Wildman–Crippen LogP) is 0.986. The molecule has 1 aromatic heterocycles. The highest BCUT2D eigenvalue weighted by molar-refractivity contribution is 7.92. The van der Waals surface area contributed by atoms with Crippen LogP contribution in [0.15, 0.2) is 29.3 Å². The van der Waals surface area contributed by atoms with Crippen LogP contribution in [0.5, 0.6) is 5.75 Å². The second-order valence-electron chi connectivity index (χ2n) is 4.17. The van der Waals surface area contributed by atoms with Crippen LogP contribution in [0.2, 0.25) is 0 Å². The van der Waals surface area contributed by atoms with Crippen LogP contribution in [-0.4, -0.2) is 25.7 Å². The van der Waals surface area contributed by atoms with Crippen molar-refractivity contribution in [3.63, 3.8) is 0 Å². The van der Waals surface area contributed by atoms with Crippen molar-refractivity contribution in [2.24, 2.45) is 5.73 Å². The van der Waals surface area contributed by atoms with E-state index in [4.69, 9.17) is 10.5 Å². The maximum Gasteiger partial charge on any atom is 0.281 e. The van der Waals surface area contributed by atoms with Crippen molar-refractivity contribution >= 4 is 15.7 Å². The van der Waals surface area contributed by atoms with Gasteiger partial charge in [-0.1, -0.05) is 6.07 Å². The number of H-pyrrole nitrogens is 1. The zero-order valence-electron chi connectivity index (χ0n) is 11.2. The summed E-state index contributed by atoms with van der Waals surface area (Å²) in [4.78, 5) is 0. The van der Waals surface area contributed by atoms with Crippen LogP contribution in [0, 0.1) is 6.92 Å². The molecule has 0 fully saturated rings. The van der Waals surface area contributed by atoms with Crippen molar-refractivity contribution in [2.45, 2.75) is 18.5 Å². The van der Waals surface area contributed by atoms with Gasteiger partial charge in [0.2, 0.25) is 5.03 Å². The molecule has 0 aliphatic rings. The monoisotopic (exact) mass is 296 g/mol. The van der Waals surface area contributed by atoms with Crippen molar-refractivity contribution in [1.29, 1.82) is 0 Å². The Morgan fingerprint density at radius 3 is 2.85 bits per heavy atom. The maximum absolute atomic E-state index is 12.3. The highest BCUT2D eigenvalue weighted by Gasteiger charge is 2.23. The molecule has 20 heavy (non-hydrogen) atoms. The summed E-state index contributed by atoms with van der Waals surface area (Å²) in [7, 11) is -2.28. The molecule has 0 unspecified atom stereocenters. The van der Waals surface area contributed by atoms with E-state index in [0.717, 1.165) is 0 Å². The molecule has 0 aliphatic heterocycles. The van der Waals surface area contributed by atoms with Crippen molar-refractivity contribution in [3.8, 4) is 5.75 Å². The number of methoxy groups -OCH3 is 1. The summed E-state index contributed by atoms with van der Waals surface area (Å²) < 4.78 is 32.1. The number of anilines is 1. The molecule has 7 nitrogen and oxygen atoms in total. The Labute approximate surface area is 117 Å². The Morgan fingerprint density at radius 2 is 2.20 bits per heavy atom. The van der Waals surface area contributed by atoms with E-state index in [2.05, 4.69) is 14.9 Å². The van der Waals surface area contributed by atoms with Crippen LogP contribution in [0.1, 0.15) is 11.3 Å². The molecule has 1 heterocycles. The number of benzene rings is 1. The molecule has 0 spiro atoms. The van der Waals surface area contributed by atoms with Gasteiger partial charge in [-0.3, -0.25) is 9.82 Å². The number of aryl methyl sites for hydroxylation is 1. The normalized spacial score (nSPS) is 11.3. The topological polar surface area (TPSA) is 110 Å². The van der Waals surface area contributed by atoms with Gasteiger partial charge in [-0.2, -0.15) is 13.5 Å². The van der Waals surface area contributed by atoms with E-state index >= 15 is 0 Å². The SMILES string of the molecule is COc1cccc(NS(=O)(=O)c2n[nH]c(C)c2CN)c1. The van der Waals surface area contributed by atoms with Gasteiger partial charge in [0, 0.05) is 23.9 Å². The Morgan fingerprint density at radius 1 is 1.45 bits per heavy atom. The molecule has 0 saturated carbocycles. The minimum atomic E-state index is -3.79. The lowest BCUT2D eigenvalue weighted by Crippen LogP contribution is -2.16. The fourth-order valence-corrected chi connectivity index (χ4v) is 3.04. The number of nitrogens with two attached hydrogens (primary N) is 1. The van der Waals surface area contributed by atoms with E-state index in [9.17, 15) is 8.42 Å². The standard InChI is InChI=1S/C12H16N4O3S/c1-8-11(7-13)12(15-14-8)20(17,18)16-9-4-3-5-10(6-9)19-2/h3-6,16H,7,13H2,1-2H3,(H,14,15). The predicted molar refractivity (Wildman–Crippen MR) is 75.0 cm³/mol. The lowest BCUT2D eigenvalue weighted by molar-refractivity contribution is 0.415. The van der Waals surface area contributed by atoms with E-state index in [1.165, 1.54) is 7.11 Å². The number of sulfonamides is 1. The van der Waals surface area contributed by atoms with Gasteiger partial charge in [-0.15, -0.1) is 0 Å². The summed E-state index contributed by atoms with van der Waals surface area (Å²) in [5, 5.41) is 6.36. The molecule has 4 N–H and O–H groups in total. The molecule has 8 heteroatoms. The second-order valence-corrected chi connectivity index (χ2v) is 5.77. The fourth-order valence-electron chi connectivity index (χ4n) is 1.78. The van der Waals surface area contributed by atoms with Crippen LogP contribution in [0.4, 0.5) is 5.69 Å². The largest absolute Gasteiger partial charge is 0.497 e. The van der Waals surface area contributed by atoms with Crippen molar-refractivity contribution in [3.05, 3.63) is 35.5 Å². The van der Waals surface area contributed by atoms with Gasteiger partial charge in [0.25, 0.3) is 10.0 Å². The number of ether oxygens (including phenoxy) is 1. The highest BCUT2D eigenvalue weighted by Crippen LogP contribution is 2.22. The van der Waals surface area contributed by atoms with Crippen LogP contribution in [0.25, 0.3) is 0 Å². The second kappa shape index (κ2) is 5.51. The first-order chi connectivity index (χ1) is 9.47. The van der Waals surface area contributed by atoms with Gasteiger partial charge >= 0.3 is 0 Å². The Bertz CT molecular complexity index is 709. The quantitative estimate of drug-likeness (QED) is 0.762. The lowest BCUT2D eigenvalue weighted by atomic mass is 10.3. The third kappa shape index (κ3) is 2.75. The summed E-state index contributed by atoms with van der Waals surface area (Å²) in [6, 6.07) is 6.62. The molecule has 0 bridgehead atoms. The van der Waals surface area contributed by atoms with E-state index in [-0.39, 0.29) is 11.6 Å². The van der Waals surface area contributed by atoms with Crippen LogP contribution in [-0.2, 0) is 16.6 Å². The number of hydrogen-bond acceptors (Lipinski definition) is 5. The van der Waals surface area contributed by atoms with E-state index < -0.39 is 10.0 Å². The highest BCUT2D eigenvalue weighted by atomic mass is 32.2. The molecule has 0 amide bonds. The molecule has 1 aromatic carbocycles. The van der Waals surface area contributed by atoms with Crippen LogP contribution < -0.4 is 15.2 Å². The van der Waals surface area contributed by atoms with Gasteiger partial charge in [0.05, 0.1) is 12.8 Å². The summed E-state index contributed by atoms with van der Waals surface area (Å²) in [6.07, 6.45) is 0. The van der Waals surface area contributed by atoms with Crippen molar-refractivity contribution in [2.75, 3.05) is 11.8 Å². The minimum Gasteiger partial charge on any atom is -0.497 e. The first-order valence-corrected chi connectivity index (χ1v) is 7.37. The van der Waals surface area contributed by atoms with E-state index in [1.807, 2.05) is 0 Å². The zero-order chi connectivity index (χ0) is 14.8. The Hall–Kier alpha value is -2.06. The van der Waals surface area contributed by atoms with Crippen molar-refractivity contribution in [1.82, 2.24) is 10.2 Å². The zero-order valence-corrected chi connectivity index (χ0v) is 12.0. The van der Waals surface area contributed by atoms with Crippen LogP contribution >= 0.6 is 0 Å². The molecule has 0 atom stereocenters. The Balaban J connectivity index is 2.35. The molecule has 108 valence electrons. The van der Waals surface area contributed by atoms with Gasteiger partial charge < -0.3 is 10.5 Å². The van der Waals surface area contributed by atoms with Gasteiger partial charge in [0.1, 0.15) is 5.75 Å². The van der Waals surface area contributed by atoms with Gasteiger partial charge in [0.15, 0.2) is 0 Å². The number of aromatic nitrogens is 2. The smallest absolute Gasteiger partial charge is 0.281 e. The lowest BCUT2D eigenvalue weighted by Gasteiger charge is -2.08. The third-order valence-electron chi connectivity index (χ3n) is 2.82. The number of rotatable bonds is 5. The molecular formula is C12H16N4O3S. The van der Waals surface area contributed by atoms with E-state index in [1.54, 1.807) is 31.2 Å². The van der Waals surface area contributed by atoms with Crippen LogP contribution in [0.3, 0.4) is 0 Å². The minimum absolute atomic E-state index is 0.0830. The third-order valence-corrected chi connectivity index (χ3v) is 4.17. The first kappa shape index (κ1) is 14.4. The summed E-state index contributed by atoms with van der Waals surface area (Å²) in [6.45, 7) is 1.82. The van der Waals surface area contributed by atoms with E-state index in [0.29, 0.717) is 22.7 Å². The summed E-state index contributed by atoms with van der Waals surface area (Å²) in [5.74, 6) is 0.558. The first-order valence-electron chi connectivity index (χ1n) is 5.88. The summed E-state index contributed by atoms with van der Waals surface area (Å²) >= 11 is 0. The summed E-state index contributed by atoms with van der Waals surface area (Å²) in [5.41, 5.74) is 7.07. The van der Waals surface area contributed by atoms with Gasteiger partial charge in [-0.25, -0.2) is 0 Å². The molecule has 0 aliphatic carbocycles. The van der Waals surface area contributed by atoms with Crippen molar-refractivity contribution < 1.29 is 13.2 Å². The molecule has 0 saturated heterocycles. The molecule has 0 radical (unpaired) electrons. The molecule has 2 aromatic rings. The van der Waals surface area contributed by atoms with Gasteiger partial charge in [-0.05, 0) is 19.1 Å². The number of hydrogen-bond donors (Lipinski definition) is 3. The molecule has 2 rings (SSSR count). The average molecular weight is 296 g/mol. The molecular weight excluding hydrogens is 280 g/mol.